The van der Waals surface area contributed by atoms with Crippen molar-refractivity contribution in [1.29, 1.82) is 0 Å². The largest absolute Gasteiger partial charge is 0.455 e. The first kappa shape index (κ1) is 69.5. The van der Waals surface area contributed by atoms with Gasteiger partial charge in [0.2, 0.25) is 0 Å². The Labute approximate surface area is 634 Å². The molecule has 0 bridgehead atoms. The Balaban J connectivity index is 0.847. The maximum Gasteiger partial charge on any atom is 0.143 e. The molecule has 12 aromatic rings. The maximum absolute atomic E-state index is 6.90. The molecule has 0 N–H and O–H groups in total. The molecule has 2 unspecified atom stereocenters. The van der Waals surface area contributed by atoms with Crippen molar-refractivity contribution >= 4 is 43.5 Å². The molecule has 0 saturated heterocycles. The third-order valence-electron chi connectivity index (χ3n) is 28.2. The lowest BCUT2D eigenvalue weighted by molar-refractivity contribution is 0.394. The zero-order valence-corrected chi connectivity index (χ0v) is 65.4. The topological polar surface area (TPSA) is 13.1 Å². The molecule has 18 rings (SSSR count). The van der Waals surface area contributed by atoms with Crippen LogP contribution in [-0.2, 0) is 21.7 Å². The van der Waals surface area contributed by atoms with Crippen molar-refractivity contribution in [3.8, 4) is 77.9 Å². The van der Waals surface area contributed by atoms with E-state index in [0.717, 1.165) is 11.2 Å². The molecular weight excluding hydrogens is 1280 g/mol. The minimum atomic E-state index is -0.266. The molecule has 1 fully saturated rings. The highest BCUT2D eigenvalue weighted by Gasteiger charge is 2.52. The van der Waals surface area contributed by atoms with Crippen LogP contribution in [0.3, 0.4) is 0 Å². The molecule has 1 saturated carbocycles. The van der Waals surface area contributed by atoms with Gasteiger partial charge in [-0.25, -0.2) is 0 Å². The standard InChI is InChI=1S/C105H114O/c1-9-13-17-21-25-37-55-104(56-38-26-22-18-14-10-2)91-65-85-83-63-90-88(100-75-49-34-32-46-71(75)81(61-96(100)103(90,7)8)78-53-42-52-77-72-47-35-36-54-97(72)106-101(77)78)67-94(83)105(57-39-27-23-19-15-11-3,58-40-28-24-20-16-12-4)92(85)64-84(91)82-62-89-87(66-93(82)104)99-74-48-33-31-45-70(74)80(60-95(99)102(89,5)6)76-51-41-50-73-68-43-29-30-44-69(68)79-59-86(79)98(73)76/h29-36,41-54,60-67,79,86H,9-28,37-40,55-59H2,1-8H3. The predicted octanol–water partition coefficient (Wildman–Crippen LogP) is 31.6. The lowest BCUT2D eigenvalue weighted by Gasteiger charge is -2.35. The van der Waals surface area contributed by atoms with Gasteiger partial charge in [-0.3, -0.25) is 0 Å². The summed E-state index contributed by atoms with van der Waals surface area (Å²) in [5.74, 6) is 1.20. The summed E-state index contributed by atoms with van der Waals surface area (Å²) in [5, 5.41) is 7.85. The highest BCUT2D eigenvalue weighted by atomic mass is 16.3. The van der Waals surface area contributed by atoms with E-state index in [1.165, 1.54) is 302 Å². The van der Waals surface area contributed by atoms with Gasteiger partial charge in [0, 0.05) is 38.0 Å². The first-order valence-electron chi connectivity index (χ1n) is 42.8. The highest BCUT2D eigenvalue weighted by molar-refractivity contribution is 6.16. The third kappa shape index (κ3) is 11.1. The molecule has 2 atom stereocenters. The average molecular weight is 1390 g/mol. The molecule has 0 amide bonds. The van der Waals surface area contributed by atoms with Gasteiger partial charge >= 0.3 is 0 Å². The van der Waals surface area contributed by atoms with Crippen molar-refractivity contribution < 1.29 is 4.42 Å². The number of benzene rings is 11. The second-order valence-corrected chi connectivity index (χ2v) is 35.2. The van der Waals surface area contributed by atoms with Crippen LogP contribution in [0.1, 0.15) is 309 Å². The summed E-state index contributed by atoms with van der Waals surface area (Å²) in [5.41, 5.74) is 37.2. The van der Waals surface area contributed by atoms with Gasteiger partial charge in [0.15, 0.2) is 0 Å². The summed E-state index contributed by atoms with van der Waals surface area (Å²) in [7, 11) is 0. The quantitative estimate of drug-likeness (QED) is 0.0409. The van der Waals surface area contributed by atoms with Crippen LogP contribution in [-0.4, -0.2) is 0 Å². The van der Waals surface area contributed by atoms with Gasteiger partial charge < -0.3 is 4.42 Å². The summed E-state index contributed by atoms with van der Waals surface area (Å²) >= 11 is 0. The molecule has 0 radical (unpaired) electrons. The lowest BCUT2D eigenvalue weighted by Crippen LogP contribution is -2.27. The zero-order valence-electron chi connectivity index (χ0n) is 65.4. The fraction of sp³-hybridized carbons (Fsp3) is 0.410. The SMILES string of the molecule is CCCCCCCCC1(CCCCCCCC)c2cc3c(cc2-c2cc4c(cc21)-c1cc2c(cc1C4(CCCCCCCC)CCCCCCCC)-c1c(cc(-c4cccc5c4oc4ccccc45)c4ccccc14)C2(C)C)C(C)(C)c1cc(-c2cccc4c2C2CC2c2ccccc2-4)c2ccccc2c1-3. The van der Waals surface area contributed by atoms with Crippen LogP contribution in [0.15, 0.2) is 186 Å². The van der Waals surface area contributed by atoms with Crippen LogP contribution in [0, 0.1) is 0 Å². The normalized spacial score (nSPS) is 17.1. The second kappa shape index (κ2) is 28.1. The monoisotopic (exact) mass is 1390 g/mol. The number of hydrogen-bond donors (Lipinski definition) is 0. The lowest BCUT2D eigenvalue weighted by atomic mass is 9.68. The molecule has 0 aliphatic heterocycles. The average Bonchev–Trinajstić information content (AvgIpc) is 1.51. The van der Waals surface area contributed by atoms with Crippen LogP contribution in [0.2, 0.25) is 0 Å². The van der Waals surface area contributed by atoms with E-state index in [1.807, 2.05) is 0 Å². The smallest absolute Gasteiger partial charge is 0.143 e. The molecule has 540 valence electrons. The van der Waals surface area contributed by atoms with Crippen molar-refractivity contribution in [1.82, 2.24) is 0 Å². The Morgan fingerprint density at radius 2 is 0.613 bits per heavy atom. The molecule has 11 aromatic carbocycles. The van der Waals surface area contributed by atoms with Gasteiger partial charge in [-0.15, -0.1) is 0 Å². The summed E-state index contributed by atoms with van der Waals surface area (Å²) < 4.78 is 6.90. The fourth-order valence-electron chi connectivity index (χ4n) is 22.5. The molecule has 1 nitrogen and oxygen atoms in total. The number of para-hydroxylation sites is 2. The minimum Gasteiger partial charge on any atom is -0.455 e. The molecule has 1 heteroatoms. The Kier molecular flexibility index (Phi) is 18.4. The van der Waals surface area contributed by atoms with Crippen LogP contribution in [0.5, 0.6) is 0 Å². The Morgan fingerprint density at radius 1 is 0.274 bits per heavy atom. The van der Waals surface area contributed by atoms with E-state index in [9.17, 15) is 0 Å². The van der Waals surface area contributed by atoms with Gasteiger partial charge in [0.05, 0.1) is 0 Å². The summed E-state index contributed by atoms with van der Waals surface area (Å²) in [6.45, 7) is 19.8. The van der Waals surface area contributed by atoms with Gasteiger partial charge in [-0.1, -0.05) is 337 Å². The Hall–Kier alpha value is -8.26. The minimum absolute atomic E-state index is 0.124. The summed E-state index contributed by atoms with van der Waals surface area (Å²) in [4.78, 5) is 0. The van der Waals surface area contributed by atoms with E-state index >= 15 is 0 Å². The first-order valence-corrected chi connectivity index (χ1v) is 42.8. The predicted molar refractivity (Wildman–Crippen MR) is 455 cm³/mol. The third-order valence-corrected chi connectivity index (χ3v) is 28.2. The van der Waals surface area contributed by atoms with E-state index < -0.39 is 0 Å². The van der Waals surface area contributed by atoms with E-state index in [1.54, 1.807) is 50.1 Å². The molecular formula is C105H114O. The van der Waals surface area contributed by atoms with Gasteiger partial charge in [0.1, 0.15) is 11.2 Å². The first-order chi connectivity index (χ1) is 51.9. The molecule has 0 spiro atoms. The highest BCUT2D eigenvalue weighted by Crippen LogP contribution is 2.68. The van der Waals surface area contributed by atoms with Gasteiger partial charge in [0.25, 0.3) is 0 Å². The number of unbranched alkanes of at least 4 members (excludes halogenated alkanes) is 20. The van der Waals surface area contributed by atoms with E-state index in [-0.39, 0.29) is 21.7 Å². The number of fused-ring (bicyclic) bond motifs is 25. The van der Waals surface area contributed by atoms with Crippen LogP contribution >= 0.6 is 0 Å². The van der Waals surface area contributed by atoms with E-state index in [0.29, 0.717) is 11.8 Å². The molecule has 6 aliphatic carbocycles. The molecule has 1 heterocycles. The van der Waals surface area contributed by atoms with Crippen molar-refractivity contribution in [2.24, 2.45) is 0 Å². The Morgan fingerprint density at radius 3 is 1.09 bits per heavy atom. The van der Waals surface area contributed by atoms with Crippen LogP contribution in [0.25, 0.3) is 121 Å². The maximum atomic E-state index is 6.90. The fourth-order valence-corrected chi connectivity index (χ4v) is 22.5. The molecule has 106 heavy (non-hydrogen) atoms. The zero-order chi connectivity index (χ0) is 72.1. The van der Waals surface area contributed by atoms with Crippen molar-refractivity contribution in [2.45, 2.75) is 275 Å². The molecule has 6 aliphatic rings. The van der Waals surface area contributed by atoms with Crippen molar-refractivity contribution in [2.75, 3.05) is 0 Å². The van der Waals surface area contributed by atoms with Gasteiger partial charge in [-0.05, 0) is 248 Å². The van der Waals surface area contributed by atoms with Gasteiger partial charge in [-0.2, -0.15) is 0 Å². The van der Waals surface area contributed by atoms with Crippen molar-refractivity contribution in [3.05, 3.63) is 238 Å². The van der Waals surface area contributed by atoms with E-state index in [4.69, 9.17) is 4.42 Å². The summed E-state index contributed by atoms with van der Waals surface area (Å²) in [6.07, 6.45) is 37.3. The number of furan rings is 1. The number of rotatable bonds is 30. The summed E-state index contributed by atoms with van der Waals surface area (Å²) in [6, 6.07) is 73.7. The van der Waals surface area contributed by atoms with E-state index in [2.05, 4.69) is 237 Å². The van der Waals surface area contributed by atoms with Crippen molar-refractivity contribution in [3.63, 3.8) is 0 Å². The van der Waals surface area contributed by atoms with Crippen LogP contribution < -0.4 is 0 Å². The van der Waals surface area contributed by atoms with Crippen LogP contribution in [0.4, 0.5) is 0 Å². The molecule has 1 aromatic heterocycles. The Bertz CT molecular complexity index is 5350. The number of hydrogen-bond acceptors (Lipinski definition) is 1. The second-order valence-electron chi connectivity index (χ2n) is 35.2.